The lowest BCUT2D eigenvalue weighted by Crippen LogP contribution is -2.42. The van der Waals surface area contributed by atoms with Crippen molar-refractivity contribution in [3.8, 4) is 17.6 Å². The second-order valence-corrected chi connectivity index (χ2v) is 10.00. The molecular formula is C28H29Cl2FN2O2. The fourth-order valence-corrected chi connectivity index (χ4v) is 5.19. The van der Waals surface area contributed by atoms with Gasteiger partial charge >= 0.3 is 0 Å². The second kappa shape index (κ2) is 11.6. The van der Waals surface area contributed by atoms with Crippen LogP contribution in [0.5, 0.6) is 5.75 Å². The summed E-state index contributed by atoms with van der Waals surface area (Å²) in [6, 6.07) is 10.1. The molecule has 1 saturated heterocycles. The topological polar surface area (TPSA) is 45.6 Å². The van der Waals surface area contributed by atoms with Gasteiger partial charge in [0.25, 0.3) is 0 Å². The number of aromatic nitrogens is 1. The van der Waals surface area contributed by atoms with Gasteiger partial charge < -0.3 is 9.84 Å². The smallest absolute Gasteiger partial charge is 0.124 e. The molecular weight excluding hydrogens is 486 g/mol. The minimum absolute atomic E-state index is 0.0861. The summed E-state index contributed by atoms with van der Waals surface area (Å²) in [5.74, 6) is 6.61. The van der Waals surface area contributed by atoms with Crippen LogP contribution in [0.2, 0.25) is 10.0 Å². The molecule has 0 aliphatic carbocycles. The van der Waals surface area contributed by atoms with Crippen LogP contribution < -0.4 is 4.74 Å². The Hall–Kier alpha value is -2.36. The summed E-state index contributed by atoms with van der Waals surface area (Å²) in [7, 11) is 1.65. The lowest BCUT2D eigenvalue weighted by molar-refractivity contribution is 0.0401. The summed E-state index contributed by atoms with van der Waals surface area (Å²) in [4.78, 5) is 6.73. The van der Waals surface area contributed by atoms with Gasteiger partial charge in [0.15, 0.2) is 0 Å². The monoisotopic (exact) mass is 514 g/mol. The van der Waals surface area contributed by atoms with Crippen molar-refractivity contribution in [3.63, 3.8) is 0 Å². The molecule has 35 heavy (non-hydrogen) atoms. The molecule has 1 aromatic heterocycles. The van der Waals surface area contributed by atoms with E-state index in [1.807, 2.05) is 18.2 Å². The molecule has 2 aromatic carbocycles. The number of ether oxygens (including phenoxy) is 1. The van der Waals surface area contributed by atoms with E-state index in [1.165, 1.54) is 12.1 Å². The SMILES string of the molecule is COc1ccc2ncc(Cl)c(CCCC3(CO)CCN(CC#Cc4ccc(F)cc4Cl)CC3)c2c1. The fourth-order valence-electron chi connectivity index (χ4n) is 4.73. The normalized spacial score (nSPS) is 15.6. The fraction of sp³-hybridized carbons (Fsp3) is 0.393. The van der Waals surface area contributed by atoms with Crippen molar-refractivity contribution >= 4 is 34.1 Å². The van der Waals surface area contributed by atoms with Gasteiger partial charge in [-0.15, -0.1) is 0 Å². The van der Waals surface area contributed by atoms with Crippen molar-refractivity contribution in [2.45, 2.75) is 32.1 Å². The maximum Gasteiger partial charge on any atom is 0.124 e. The zero-order valence-corrected chi connectivity index (χ0v) is 21.3. The van der Waals surface area contributed by atoms with Crippen molar-refractivity contribution < 1.29 is 14.2 Å². The van der Waals surface area contributed by atoms with Gasteiger partial charge in [-0.25, -0.2) is 4.39 Å². The molecule has 1 aliphatic heterocycles. The first-order valence-electron chi connectivity index (χ1n) is 11.8. The number of likely N-dealkylation sites (tertiary alicyclic amines) is 1. The molecule has 4 nitrogen and oxygen atoms in total. The number of fused-ring (bicyclic) bond motifs is 1. The van der Waals surface area contributed by atoms with Crippen LogP contribution in [0.15, 0.2) is 42.6 Å². The lowest BCUT2D eigenvalue weighted by atomic mass is 9.75. The molecule has 7 heteroatoms. The highest BCUT2D eigenvalue weighted by molar-refractivity contribution is 6.32. The number of aliphatic hydroxyl groups is 1. The van der Waals surface area contributed by atoms with E-state index in [-0.39, 0.29) is 17.8 Å². The molecule has 3 aromatic rings. The molecule has 0 saturated carbocycles. The summed E-state index contributed by atoms with van der Waals surface area (Å²) < 4.78 is 18.6. The standard InChI is InChI=1S/C28H29Cl2FN2O2/c1-35-22-8-9-27-24(17-22)23(26(30)18-32-27)5-2-10-28(19-34)11-14-33(15-12-28)13-3-4-20-6-7-21(31)16-25(20)29/h6-9,16-18,34H,2,5,10-15,19H2,1H3. The van der Waals surface area contributed by atoms with E-state index in [2.05, 4.69) is 21.7 Å². The van der Waals surface area contributed by atoms with E-state index in [9.17, 15) is 9.50 Å². The number of pyridine rings is 1. The highest BCUT2D eigenvalue weighted by Crippen LogP contribution is 2.37. The number of piperidine rings is 1. The maximum atomic E-state index is 13.2. The molecule has 0 radical (unpaired) electrons. The average Bonchev–Trinajstić information content (AvgIpc) is 2.87. The Bertz CT molecular complexity index is 1250. The highest BCUT2D eigenvalue weighted by Gasteiger charge is 2.33. The van der Waals surface area contributed by atoms with Crippen LogP contribution in [-0.2, 0) is 6.42 Å². The van der Waals surface area contributed by atoms with Gasteiger partial charge in [0.05, 0.1) is 29.2 Å². The lowest BCUT2D eigenvalue weighted by Gasteiger charge is -2.40. The molecule has 2 heterocycles. The van der Waals surface area contributed by atoms with Crippen molar-refractivity contribution in [3.05, 3.63) is 69.6 Å². The molecule has 1 fully saturated rings. The van der Waals surface area contributed by atoms with Gasteiger partial charge in [-0.3, -0.25) is 9.88 Å². The van der Waals surface area contributed by atoms with Gasteiger partial charge in [0.2, 0.25) is 0 Å². The van der Waals surface area contributed by atoms with E-state index in [1.54, 1.807) is 19.4 Å². The molecule has 1 N–H and O–H groups in total. The van der Waals surface area contributed by atoms with Crippen LogP contribution in [0.25, 0.3) is 10.9 Å². The Morgan fingerprint density at radius 3 is 2.66 bits per heavy atom. The average molecular weight is 515 g/mol. The minimum atomic E-state index is -0.365. The molecule has 4 rings (SSSR count). The number of benzene rings is 2. The Kier molecular flexibility index (Phi) is 8.51. The predicted molar refractivity (Wildman–Crippen MR) is 140 cm³/mol. The molecule has 184 valence electrons. The second-order valence-electron chi connectivity index (χ2n) is 9.18. The van der Waals surface area contributed by atoms with E-state index in [0.717, 1.165) is 67.4 Å². The third-order valence-corrected chi connectivity index (χ3v) is 7.62. The first kappa shape index (κ1) is 25.7. The van der Waals surface area contributed by atoms with E-state index < -0.39 is 0 Å². The number of hydrogen-bond acceptors (Lipinski definition) is 4. The first-order valence-corrected chi connectivity index (χ1v) is 12.6. The van der Waals surface area contributed by atoms with Crippen molar-refractivity contribution in [1.29, 1.82) is 0 Å². The Balaban J connectivity index is 1.34. The summed E-state index contributed by atoms with van der Waals surface area (Å²) in [5, 5.41) is 12.3. The van der Waals surface area contributed by atoms with Crippen LogP contribution in [0.4, 0.5) is 4.39 Å². The van der Waals surface area contributed by atoms with Gasteiger partial charge in [0, 0.05) is 23.8 Å². The van der Waals surface area contributed by atoms with Gasteiger partial charge in [-0.05, 0) is 92.6 Å². The zero-order valence-electron chi connectivity index (χ0n) is 19.8. The van der Waals surface area contributed by atoms with E-state index in [0.29, 0.717) is 22.2 Å². The van der Waals surface area contributed by atoms with Gasteiger partial charge in [-0.2, -0.15) is 0 Å². The summed E-state index contributed by atoms with van der Waals surface area (Å²) in [6.07, 6.45) is 6.23. The molecule has 0 spiro atoms. The number of nitrogens with zero attached hydrogens (tertiary/aromatic N) is 2. The number of halogens is 3. The number of aliphatic hydroxyl groups excluding tert-OH is 1. The predicted octanol–water partition coefficient (Wildman–Crippen LogP) is 6.14. The first-order chi connectivity index (χ1) is 16.9. The van der Waals surface area contributed by atoms with E-state index >= 15 is 0 Å². The van der Waals surface area contributed by atoms with Crippen molar-refractivity contribution in [2.24, 2.45) is 5.41 Å². The zero-order chi connectivity index (χ0) is 24.8. The number of rotatable bonds is 7. The van der Waals surface area contributed by atoms with Crippen LogP contribution in [0.1, 0.15) is 36.8 Å². The van der Waals surface area contributed by atoms with Crippen LogP contribution in [0.3, 0.4) is 0 Å². The van der Waals surface area contributed by atoms with Crippen molar-refractivity contribution in [1.82, 2.24) is 9.88 Å². The third kappa shape index (κ3) is 6.26. The molecule has 0 bridgehead atoms. The molecule has 0 amide bonds. The summed E-state index contributed by atoms with van der Waals surface area (Å²) in [6.45, 7) is 2.55. The Morgan fingerprint density at radius 2 is 1.94 bits per heavy atom. The van der Waals surface area contributed by atoms with Gasteiger partial charge in [-0.1, -0.05) is 35.0 Å². The van der Waals surface area contributed by atoms with Crippen molar-refractivity contribution in [2.75, 3.05) is 33.4 Å². The molecule has 0 atom stereocenters. The van der Waals surface area contributed by atoms with Gasteiger partial charge in [0.1, 0.15) is 11.6 Å². The number of methoxy groups -OCH3 is 1. The Labute approximate surface area is 216 Å². The van der Waals surface area contributed by atoms with Crippen LogP contribution in [0, 0.1) is 23.1 Å². The highest BCUT2D eigenvalue weighted by atomic mass is 35.5. The van der Waals surface area contributed by atoms with E-state index in [4.69, 9.17) is 27.9 Å². The summed E-state index contributed by atoms with van der Waals surface area (Å²) >= 11 is 12.6. The van der Waals surface area contributed by atoms with Crippen LogP contribution >= 0.6 is 23.2 Å². The molecule has 1 aliphatic rings. The number of aryl methyl sites for hydroxylation is 1. The van der Waals surface area contributed by atoms with Crippen LogP contribution in [-0.4, -0.2) is 48.3 Å². The largest absolute Gasteiger partial charge is 0.497 e. The third-order valence-electron chi connectivity index (χ3n) is 6.98. The quantitative estimate of drug-likeness (QED) is 0.384. The number of hydrogen-bond donors (Lipinski definition) is 1. The minimum Gasteiger partial charge on any atom is -0.497 e. The maximum absolute atomic E-state index is 13.2. The summed E-state index contributed by atoms with van der Waals surface area (Å²) in [5.41, 5.74) is 2.53. The molecule has 0 unspecified atom stereocenters. The Morgan fingerprint density at radius 1 is 1.14 bits per heavy atom.